The number of nitrogens with two attached hydrogens (primary N) is 1. The van der Waals surface area contributed by atoms with Gasteiger partial charge in [-0.05, 0) is 30.9 Å². The normalized spacial score (nSPS) is 17.0. The van der Waals surface area contributed by atoms with Crippen LogP contribution in [0.25, 0.3) is 0 Å². The lowest BCUT2D eigenvalue weighted by Crippen LogP contribution is -2.51. The second-order valence-corrected chi connectivity index (χ2v) is 6.95. The molecule has 0 spiro atoms. The van der Waals surface area contributed by atoms with Gasteiger partial charge in [0, 0.05) is 18.7 Å². The maximum absolute atomic E-state index is 12.8. The number of hydrazine groups is 1. The van der Waals surface area contributed by atoms with Gasteiger partial charge in [0.1, 0.15) is 5.75 Å². The van der Waals surface area contributed by atoms with Crippen molar-refractivity contribution >= 4 is 35.6 Å². The van der Waals surface area contributed by atoms with Crippen molar-refractivity contribution < 1.29 is 9.53 Å². The molecule has 1 atom stereocenters. The Hall–Kier alpha value is -1.95. The first-order valence-electron chi connectivity index (χ1n) is 8.83. The van der Waals surface area contributed by atoms with Gasteiger partial charge in [-0.3, -0.25) is 10.2 Å². The molecule has 146 valence electrons. The lowest BCUT2D eigenvalue weighted by molar-refractivity contribution is 0.0571. The van der Waals surface area contributed by atoms with E-state index in [1.807, 2.05) is 23.2 Å². The number of nitrogen functional groups attached to an aromatic ring is 1. The van der Waals surface area contributed by atoms with Crippen LogP contribution in [0.1, 0.15) is 35.2 Å². The molecule has 3 rings (SSSR count). The molecule has 0 aromatic heterocycles. The van der Waals surface area contributed by atoms with E-state index in [1.54, 1.807) is 12.1 Å². The Labute approximate surface area is 171 Å². The van der Waals surface area contributed by atoms with Crippen LogP contribution in [0, 0.1) is 0 Å². The number of anilines is 1. The molecule has 1 fully saturated rings. The smallest absolute Gasteiger partial charge is 0.269 e. The average molecular weight is 410 g/mol. The van der Waals surface area contributed by atoms with Crippen LogP contribution in [0.15, 0.2) is 42.5 Å². The highest BCUT2D eigenvalue weighted by atomic mass is 35.5. The molecule has 1 aliphatic rings. The van der Waals surface area contributed by atoms with Crippen molar-refractivity contribution in [3.05, 3.63) is 58.6 Å². The Morgan fingerprint density at radius 2 is 2.04 bits per heavy atom. The molecule has 5 nitrogen and oxygen atoms in total. The van der Waals surface area contributed by atoms with Gasteiger partial charge < -0.3 is 10.5 Å². The molecule has 0 saturated carbocycles. The molecule has 2 aromatic carbocycles. The number of carbonyl (C=O) groups excluding carboxylic acids is 1. The monoisotopic (exact) mass is 409 g/mol. The number of amides is 1. The predicted molar refractivity (Wildman–Crippen MR) is 112 cm³/mol. The summed E-state index contributed by atoms with van der Waals surface area (Å²) in [6.45, 7) is 0.828. The van der Waals surface area contributed by atoms with E-state index in [2.05, 4.69) is 17.6 Å². The zero-order valence-corrected chi connectivity index (χ0v) is 16.9. The van der Waals surface area contributed by atoms with Crippen molar-refractivity contribution in [1.82, 2.24) is 10.4 Å². The quantitative estimate of drug-likeness (QED) is 0.729. The number of piperidine rings is 1. The number of hydrogen-bond acceptors (Lipinski definition) is 4. The lowest BCUT2D eigenvalue weighted by atomic mass is 9.97. The van der Waals surface area contributed by atoms with E-state index < -0.39 is 0 Å². The van der Waals surface area contributed by atoms with E-state index in [0.717, 1.165) is 25.8 Å². The number of benzene rings is 2. The Bertz CT molecular complexity index is 771. The number of ether oxygens (including phenoxy) is 1. The number of rotatable bonds is 5. The van der Waals surface area contributed by atoms with Gasteiger partial charge in [-0.15, -0.1) is 12.4 Å². The lowest BCUT2D eigenvalue weighted by Gasteiger charge is -2.36. The van der Waals surface area contributed by atoms with E-state index in [4.69, 9.17) is 22.1 Å². The van der Waals surface area contributed by atoms with Gasteiger partial charge in [-0.25, -0.2) is 5.01 Å². The first kappa shape index (κ1) is 21.4. The third-order valence-electron chi connectivity index (χ3n) is 4.75. The zero-order chi connectivity index (χ0) is 18.5. The summed E-state index contributed by atoms with van der Waals surface area (Å²) in [4.78, 5) is 12.8. The molecule has 1 amide bonds. The van der Waals surface area contributed by atoms with Gasteiger partial charge in [0.05, 0.1) is 23.4 Å². The highest BCUT2D eigenvalue weighted by molar-refractivity contribution is 6.33. The summed E-state index contributed by atoms with van der Waals surface area (Å²) in [7, 11) is 1.51. The van der Waals surface area contributed by atoms with Crippen LogP contribution in [-0.2, 0) is 6.42 Å². The standard InChI is InChI=1S/C20H24ClN3O2.ClH/c1-26-19-13-18(22)17(21)12-16(19)20(25)23-24-10-6-5-9-15(24)11-14-7-3-2-4-8-14;/h2-4,7-8,12-13,15H,5-6,9-11,22H2,1H3,(H,23,25);1H. The molecule has 0 radical (unpaired) electrons. The van der Waals surface area contributed by atoms with E-state index in [9.17, 15) is 4.79 Å². The fourth-order valence-electron chi connectivity index (χ4n) is 3.35. The molecule has 0 bridgehead atoms. The Balaban J connectivity index is 0.00000261. The summed E-state index contributed by atoms with van der Waals surface area (Å²) in [6, 6.07) is 13.8. The number of hydrogen-bond donors (Lipinski definition) is 2. The number of halogens is 2. The fraction of sp³-hybridized carbons (Fsp3) is 0.350. The summed E-state index contributed by atoms with van der Waals surface area (Å²) in [5, 5.41) is 2.39. The summed E-state index contributed by atoms with van der Waals surface area (Å²) < 4.78 is 5.30. The first-order valence-corrected chi connectivity index (χ1v) is 9.21. The Kier molecular flexibility index (Phi) is 7.78. The molecule has 1 heterocycles. The molecular weight excluding hydrogens is 385 g/mol. The largest absolute Gasteiger partial charge is 0.496 e. The van der Waals surface area contributed by atoms with Gasteiger partial charge in [0.15, 0.2) is 0 Å². The minimum atomic E-state index is -0.233. The number of nitrogens with one attached hydrogen (secondary N) is 1. The molecule has 27 heavy (non-hydrogen) atoms. The van der Waals surface area contributed by atoms with Crippen LogP contribution in [0.2, 0.25) is 5.02 Å². The van der Waals surface area contributed by atoms with Gasteiger partial charge in [0.2, 0.25) is 0 Å². The third kappa shape index (κ3) is 5.28. The zero-order valence-electron chi connectivity index (χ0n) is 15.3. The summed E-state index contributed by atoms with van der Waals surface area (Å²) in [5.74, 6) is 0.185. The van der Waals surface area contributed by atoms with Crippen LogP contribution < -0.4 is 15.9 Å². The molecule has 3 N–H and O–H groups in total. The SMILES string of the molecule is COc1cc(N)c(Cl)cc1C(=O)NN1CCCCC1Cc1ccccc1.Cl. The van der Waals surface area contributed by atoms with E-state index >= 15 is 0 Å². The summed E-state index contributed by atoms with van der Waals surface area (Å²) in [6.07, 6.45) is 4.18. The van der Waals surface area contributed by atoms with E-state index in [-0.39, 0.29) is 24.4 Å². The van der Waals surface area contributed by atoms with Crippen LogP contribution in [0.3, 0.4) is 0 Å². The second kappa shape index (κ2) is 9.83. The van der Waals surface area contributed by atoms with Crippen molar-refractivity contribution in [3.63, 3.8) is 0 Å². The third-order valence-corrected chi connectivity index (χ3v) is 5.08. The second-order valence-electron chi connectivity index (χ2n) is 6.55. The van der Waals surface area contributed by atoms with E-state index in [1.165, 1.54) is 19.1 Å². The Morgan fingerprint density at radius 3 is 2.74 bits per heavy atom. The van der Waals surface area contributed by atoms with Gasteiger partial charge in [-0.1, -0.05) is 48.4 Å². The predicted octanol–water partition coefficient (Wildman–Crippen LogP) is 4.09. The number of methoxy groups -OCH3 is 1. The Morgan fingerprint density at radius 1 is 1.30 bits per heavy atom. The number of nitrogens with zero attached hydrogens (tertiary/aromatic N) is 1. The molecule has 1 saturated heterocycles. The van der Waals surface area contributed by atoms with Crippen LogP contribution in [0.4, 0.5) is 5.69 Å². The van der Waals surface area contributed by atoms with Crippen molar-refractivity contribution in [2.45, 2.75) is 31.7 Å². The maximum atomic E-state index is 12.8. The van der Waals surface area contributed by atoms with Crippen molar-refractivity contribution in [2.24, 2.45) is 0 Å². The van der Waals surface area contributed by atoms with Crippen LogP contribution in [0.5, 0.6) is 5.75 Å². The highest BCUT2D eigenvalue weighted by Crippen LogP contribution is 2.29. The minimum Gasteiger partial charge on any atom is -0.496 e. The minimum absolute atomic E-state index is 0. The van der Waals surface area contributed by atoms with E-state index in [0.29, 0.717) is 22.0 Å². The van der Waals surface area contributed by atoms with Crippen LogP contribution in [-0.4, -0.2) is 30.6 Å². The van der Waals surface area contributed by atoms with Crippen molar-refractivity contribution in [2.75, 3.05) is 19.4 Å². The molecule has 2 aromatic rings. The van der Waals surface area contributed by atoms with Crippen LogP contribution >= 0.6 is 24.0 Å². The first-order chi connectivity index (χ1) is 12.6. The molecule has 1 aliphatic heterocycles. The fourth-order valence-corrected chi connectivity index (χ4v) is 3.52. The maximum Gasteiger partial charge on any atom is 0.269 e. The van der Waals surface area contributed by atoms with Crippen molar-refractivity contribution in [1.29, 1.82) is 0 Å². The van der Waals surface area contributed by atoms with Gasteiger partial charge >= 0.3 is 0 Å². The summed E-state index contributed by atoms with van der Waals surface area (Å²) >= 11 is 6.09. The topological polar surface area (TPSA) is 67.6 Å². The van der Waals surface area contributed by atoms with Gasteiger partial charge in [0.25, 0.3) is 5.91 Å². The molecular formula is C20H25Cl2N3O2. The molecule has 7 heteroatoms. The molecule has 0 aliphatic carbocycles. The highest BCUT2D eigenvalue weighted by Gasteiger charge is 2.25. The average Bonchev–Trinajstić information content (AvgIpc) is 2.66. The molecule has 1 unspecified atom stereocenters. The number of carbonyl (C=O) groups is 1. The van der Waals surface area contributed by atoms with Crippen molar-refractivity contribution in [3.8, 4) is 5.75 Å². The van der Waals surface area contributed by atoms with Gasteiger partial charge in [-0.2, -0.15) is 0 Å². The summed E-state index contributed by atoms with van der Waals surface area (Å²) in [5.41, 5.74) is 10.9.